The van der Waals surface area contributed by atoms with Gasteiger partial charge in [0, 0.05) is 6.42 Å². The van der Waals surface area contributed by atoms with E-state index in [2.05, 4.69) is 4.74 Å². The molecule has 0 spiro atoms. The smallest absolute Gasteiger partial charge is 0.494 e. The molecule has 0 aliphatic rings. The van der Waals surface area contributed by atoms with Crippen molar-refractivity contribution in [2.24, 2.45) is 0 Å². The van der Waals surface area contributed by atoms with Crippen molar-refractivity contribution in [2.75, 3.05) is 19.8 Å². The van der Waals surface area contributed by atoms with E-state index in [0.29, 0.717) is 0 Å². The minimum Gasteiger partial charge on any atom is -0.494 e. The Morgan fingerprint density at radius 2 is 1.55 bits per heavy atom. The van der Waals surface area contributed by atoms with Crippen molar-refractivity contribution in [3.8, 4) is 5.75 Å². The highest BCUT2D eigenvalue weighted by Gasteiger charge is 2.27. The molecule has 0 radical (unpaired) electrons. The molecule has 9 heteroatoms. The summed E-state index contributed by atoms with van der Waals surface area (Å²) in [5.41, 5.74) is -0.731. The van der Waals surface area contributed by atoms with Gasteiger partial charge in [0.05, 0.1) is 13.2 Å². The second kappa shape index (κ2) is 6.87. The van der Waals surface area contributed by atoms with Crippen LogP contribution in [0.2, 0.25) is 0 Å². The Morgan fingerprint density at radius 1 is 0.950 bits per heavy atom. The van der Waals surface area contributed by atoms with Gasteiger partial charge in [-0.25, -0.2) is 0 Å². The first-order valence-corrected chi connectivity index (χ1v) is 5.76. The molecule has 0 heterocycles. The van der Waals surface area contributed by atoms with Gasteiger partial charge in [0.25, 0.3) is 0 Å². The Balaban J connectivity index is 2.23. The molecule has 0 bridgehead atoms. The fraction of sp³-hybridized carbons (Fsp3) is 0.455. The first-order chi connectivity index (χ1) is 9.18. The maximum atomic E-state index is 12.3. The second-order valence-electron chi connectivity index (χ2n) is 4.01. The summed E-state index contributed by atoms with van der Waals surface area (Å²) in [6, 6.07) is 4.13. The normalized spacial score (nSPS) is 12.5. The molecule has 0 N–H and O–H groups in total. The number of halogens is 6. The van der Waals surface area contributed by atoms with E-state index in [9.17, 15) is 26.1 Å². The van der Waals surface area contributed by atoms with E-state index in [4.69, 9.17) is 4.74 Å². The third kappa shape index (κ3) is 6.69. The van der Waals surface area contributed by atoms with Crippen LogP contribution in [0, 0.1) is 0 Å². The fourth-order valence-electron chi connectivity index (χ4n) is 1.32. The van der Waals surface area contributed by atoms with Crippen LogP contribution in [0.3, 0.4) is 0 Å². The van der Waals surface area contributed by atoms with E-state index < -0.39 is 25.2 Å². The summed E-state index contributed by atoms with van der Waals surface area (Å²) in [6.07, 6.45) is -4.16. The van der Waals surface area contributed by atoms with Crippen molar-refractivity contribution in [2.45, 2.75) is 12.6 Å². The molecule has 114 valence electrons. The molecule has 0 aliphatic carbocycles. The van der Waals surface area contributed by atoms with Crippen LogP contribution in [-0.4, -0.2) is 33.0 Å². The standard InChI is InChI=1S/C11H12BF6O2/c13-11(14,15)8-19-6-1-7-20-10-4-2-9(3-5-10)12(16,17)18/h2-5H,1,6-8H2/q-1. The first kappa shape index (κ1) is 16.7. The number of rotatable bonds is 7. The van der Waals surface area contributed by atoms with Crippen molar-refractivity contribution in [1.29, 1.82) is 0 Å². The van der Waals surface area contributed by atoms with Gasteiger partial charge in [-0.05, 0) is 12.1 Å². The van der Waals surface area contributed by atoms with Crippen molar-refractivity contribution < 1.29 is 35.6 Å². The number of hydrogen-bond acceptors (Lipinski definition) is 2. The number of hydrogen-bond donors (Lipinski definition) is 0. The molecule has 0 aromatic heterocycles. The van der Waals surface area contributed by atoms with Gasteiger partial charge in [-0.2, -0.15) is 13.2 Å². The molecule has 1 aromatic carbocycles. The Hall–Kier alpha value is -1.38. The highest BCUT2D eigenvalue weighted by Crippen LogP contribution is 2.15. The molecule has 0 atom stereocenters. The van der Waals surface area contributed by atoms with Crippen LogP contribution < -0.4 is 10.2 Å². The minimum absolute atomic E-state index is 0.0639. The van der Waals surface area contributed by atoms with Gasteiger partial charge in [0.2, 0.25) is 0 Å². The van der Waals surface area contributed by atoms with Gasteiger partial charge in [0.1, 0.15) is 12.4 Å². The zero-order valence-corrected chi connectivity index (χ0v) is 10.3. The van der Waals surface area contributed by atoms with Crippen LogP contribution in [0.15, 0.2) is 24.3 Å². The van der Waals surface area contributed by atoms with Crippen molar-refractivity contribution in [3.05, 3.63) is 24.3 Å². The molecule has 20 heavy (non-hydrogen) atoms. The summed E-state index contributed by atoms with van der Waals surface area (Å²) < 4.78 is 81.5. The third-order valence-electron chi connectivity index (χ3n) is 2.23. The lowest BCUT2D eigenvalue weighted by molar-refractivity contribution is -0.174. The largest absolute Gasteiger partial charge is 0.509 e. The SMILES string of the molecule is F[B-](F)(F)c1ccc(OCCCOCC(F)(F)F)cc1. The molecular weight excluding hydrogens is 289 g/mol. The van der Waals surface area contributed by atoms with Crippen LogP contribution in [0.5, 0.6) is 5.75 Å². The summed E-state index contributed by atoms with van der Waals surface area (Å²) in [5.74, 6) is 0.227. The van der Waals surface area contributed by atoms with E-state index in [1.165, 1.54) is 12.1 Å². The molecule has 0 unspecified atom stereocenters. The Labute approximate surface area is 111 Å². The lowest BCUT2D eigenvalue weighted by atomic mass is 9.80. The topological polar surface area (TPSA) is 18.5 Å². The zero-order chi connectivity index (χ0) is 15.2. The number of benzene rings is 1. The molecule has 2 nitrogen and oxygen atoms in total. The predicted molar refractivity (Wildman–Crippen MR) is 62.1 cm³/mol. The first-order valence-electron chi connectivity index (χ1n) is 5.76. The molecule has 0 aliphatic heterocycles. The van der Waals surface area contributed by atoms with E-state index >= 15 is 0 Å². The van der Waals surface area contributed by atoms with Crippen LogP contribution in [0.4, 0.5) is 26.1 Å². The van der Waals surface area contributed by atoms with Gasteiger partial charge >= 0.3 is 13.2 Å². The van der Waals surface area contributed by atoms with Gasteiger partial charge in [-0.15, -0.1) is 5.46 Å². The maximum Gasteiger partial charge on any atom is 0.509 e. The number of ether oxygens (including phenoxy) is 2. The lowest BCUT2D eigenvalue weighted by Gasteiger charge is -2.15. The number of alkyl halides is 3. The lowest BCUT2D eigenvalue weighted by Crippen LogP contribution is -2.33. The van der Waals surface area contributed by atoms with Crippen molar-refractivity contribution in [3.63, 3.8) is 0 Å². The molecular formula is C11H12BF6O2-. The second-order valence-corrected chi connectivity index (χ2v) is 4.01. The monoisotopic (exact) mass is 301 g/mol. The summed E-state index contributed by atoms with van der Waals surface area (Å²) in [4.78, 5) is 0. The molecule has 0 saturated carbocycles. The third-order valence-corrected chi connectivity index (χ3v) is 2.23. The minimum atomic E-state index is -5.04. The summed E-state index contributed by atoms with van der Waals surface area (Å²) in [5, 5.41) is 0. The van der Waals surface area contributed by atoms with E-state index in [1.807, 2.05) is 0 Å². The highest BCUT2D eigenvalue weighted by molar-refractivity contribution is 6.73. The Bertz CT molecular complexity index is 401. The predicted octanol–water partition coefficient (Wildman–Crippen LogP) is 3.09. The van der Waals surface area contributed by atoms with Gasteiger partial charge in [-0.1, -0.05) is 12.1 Å². The molecule has 0 saturated heterocycles. The van der Waals surface area contributed by atoms with Crippen LogP contribution in [0.25, 0.3) is 0 Å². The highest BCUT2D eigenvalue weighted by atomic mass is 19.4. The Kier molecular flexibility index (Phi) is 5.73. The Morgan fingerprint density at radius 3 is 2.05 bits per heavy atom. The molecule has 1 aromatic rings. The van der Waals surface area contributed by atoms with Crippen LogP contribution in [0.1, 0.15) is 6.42 Å². The maximum absolute atomic E-state index is 12.3. The summed E-state index contributed by atoms with van der Waals surface area (Å²) in [7, 11) is 0. The molecule has 0 amide bonds. The van der Waals surface area contributed by atoms with E-state index in [1.54, 1.807) is 0 Å². The molecule has 1 rings (SSSR count). The quantitative estimate of drug-likeness (QED) is 0.438. The summed E-state index contributed by atoms with van der Waals surface area (Å²) in [6.45, 7) is -6.44. The average Bonchev–Trinajstić information content (AvgIpc) is 2.32. The van der Waals surface area contributed by atoms with Crippen LogP contribution >= 0.6 is 0 Å². The van der Waals surface area contributed by atoms with Gasteiger partial charge in [-0.3, -0.25) is 0 Å². The van der Waals surface area contributed by atoms with Crippen molar-refractivity contribution >= 4 is 12.4 Å². The van der Waals surface area contributed by atoms with Crippen molar-refractivity contribution in [1.82, 2.24) is 0 Å². The average molecular weight is 301 g/mol. The molecule has 0 fully saturated rings. The van der Waals surface area contributed by atoms with E-state index in [-0.39, 0.29) is 25.4 Å². The van der Waals surface area contributed by atoms with Crippen LogP contribution in [-0.2, 0) is 4.74 Å². The summed E-state index contributed by atoms with van der Waals surface area (Å²) >= 11 is 0. The fourth-order valence-corrected chi connectivity index (χ4v) is 1.32. The van der Waals surface area contributed by atoms with Gasteiger partial charge in [0.15, 0.2) is 0 Å². The van der Waals surface area contributed by atoms with E-state index in [0.717, 1.165) is 12.1 Å². The van der Waals surface area contributed by atoms with Gasteiger partial charge < -0.3 is 22.4 Å². The zero-order valence-electron chi connectivity index (χ0n) is 10.3.